The molecule has 0 fully saturated rings. The Morgan fingerprint density at radius 1 is 0.840 bits per heavy atom. The van der Waals surface area contributed by atoms with E-state index in [-0.39, 0.29) is 18.3 Å². The summed E-state index contributed by atoms with van der Waals surface area (Å²) < 4.78 is 22.2. The van der Waals surface area contributed by atoms with Crippen LogP contribution in [-0.2, 0) is 28.6 Å². The van der Waals surface area contributed by atoms with Gasteiger partial charge in [0.25, 0.3) is 0 Å². The van der Waals surface area contributed by atoms with Crippen LogP contribution in [0, 0.1) is 10.8 Å². The summed E-state index contributed by atoms with van der Waals surface area (Å²) in [7, 11) is 6.49. The van der Waals surface area contributed by atoms with Gasteiger partial charge in [-0.3, -0.25) is 9.68 Å². The van der Waals surface area contributed by atoms with Gasteiger partial charge in [-0.15, -0.1) is 0 Å². The van der Waals surface area contributed by atoms with Crippen molar-refractivity contribution < 1.29 is 28.6 Å². The molecule has 0 saturated heterocycles. The van der Waals surface area contributed by atoms with E-state index in [0.717, 1.165) is 6.42 Å². The zero-order chi connectivity index (χ0) is 19.7. The van der Waals surface area contributed by atoms with Crippen LogP contribution in [0.25, 0.3) is 0 Å². The molecular weight excluding hydrogens is 328 g/mol. The van der Waals surface area contributed by atoms with Crippen molar-refractivity contribution in [1.29, 1.82) is 0 Å². The van der Waals surface area contributed by atoms with Crippen molar-refractivity contribution in [2.24, 2.45) is 22.6 Å². The number of rotatable bonds is 14. The molecule has 0 aliphatic heterocycles. The molecule has 0 heterocycles. The minimum absolute atomic E-state index is 0.284. The van der Waals surface area contributed by atoms with E-state index in [1.165, 1.54) is 0 Å². The Bertz CT molecular complexity index is 358. The smallest absolute Gasteiger partial charge is 0.129 e. The van der Waals surface area contributed by atoms with Gasteiger partial charge in [0.15, 0.2) is 0 Å². The Morgan fingerprint density at radius 2 is 1.40 bits per heavy atom. The maximum Gasteiger partial charge on any atom is 0.129 e. The molecule has 8 heteroatoms. The molecule has 0 aromatic rings. The number of nitrogens with two attached hydrogens (primary N) is 2. The molecule has 0 amide bonds. The van der Waals surface area contributed by atoms with Gasteiger partial charge >= 0.3 is 0 Å². The van der Waals surface area contributed by atoms with Gasteiger partial charge in [-0.05, 0) is 6.42 Å². The van der Waals surface area contributed by atoms with Crippen molar-refractivity contribution in [3.8, 4) is 0 Å². The minimum atomic E-state index is -0.499. The molecule has 0 rings (SSSR count). The van der Waals surface area contributed by atoms with Gasteiger partial charge < -0.3 is 18.9 Å². The Hall–Kier alpha value is -0.320. The lowest BCUT2D eigenvalue weighted by Crippen LogP contribution is -2.60. The summed E-state index contributed by atoms with van der Waals surface area (Å²) in [6.45, 7) is 8.88. The lowest BCUT2D eigenvalue weighted by Gasteiger charge is -2.51. The average Bonchev–Trinajstić information content (AvgIpc) is 2.59. The molecule has 4 N–H and O–H groups in total. The van der Waals surface area contributed by atoms with Crippen molar-refractivity contribution in [2.45, 2.75) is 58.5 Å². The predicted octanol–water partition coefficient (Wildman–Crippen LogP) is 1.27. The van der Waals surface area contributed by atoms with Gasteiger partial charge in [-0.2, -0.15) is 0 Å². The van der Waals surface area contributed by atoms with Gasteiger partial charge in [0.05, 0.1) is 25.4 Å². The van der Waals surface area contributed by atoms with E-state index < -0.39 is 16.9 Å². The third-order valence-electron chi connectivity index (χ3n) is 5.32. The SMILES string of the molecule is CCC(C)(C(COC)ON)C(OC)C(C)(C)C(OC)C(COC)ON. The van der Waals surface area contributed by atoms with Gasteiger partial charge in [-0.1, -0.05) is 27.7 Å². The van der Waals surface area contributed by atoms with Gasteiger partial charge in [0.1, 0.15) is 12.2 Å². The van der Waals surface area contributed by atoms with E-state index in [1.807, 2.05) is 13.8 Å². The lowest BCUT2D eigenvalue weighted by molar-refractivity contribution is -0.210. The molecule has 0 saturated carbocycles. The topological polar surface area (TPSA) is 107 Å². The Labute approximate surface area is 152 Å². The molecule has 0 aliphatic carbocycles. The fraction of sp³-hybridized carbons (Fsp3) is 1.00. The maximum absolute atomic E-state index is 5.95. The van der Waals surface area contributed by atoms with E-state index in [2.05, 4.69) is 13.8 Å². The largest absolute Gasteiger partial charge is 0.382 e. The van der Waals surface area contributed by atoms with Crippen molar-refractivity contribution in [2.75, 3.05) is 41.7 Å². The maximum atomic E-state index is 5.95. The quantitative estimate of drug-likeness (QED) is 0.443. The van der Waals surface area contributed by atoms with Crippen LogP contribution >= 0.6 is 0 Å². The highest BCUT2D eigenvalue weighted by Crippen LogP contribution is 2.45. The van der Waals surface area contributed by atoms with E-state index in [4.69, 9.17) is 40.4 Å². The highest BCUT2D eigenvalue weighted by atomic mass is 16.7. The van der Waals surface area contributed by atoms with Crippen LogP contribution in [0.2, 0.25) is 0 Å². The van der Waals surface area contributed by atoms with Crippen LogP contribution in [0.4, 0.5) is 0 Å². The summed E-state index contributed by atoms with van der Waals surface area (Å²) in [5.41, 5.74) is -0.937. The van der Waals surface area contributed by atoms with Crippen LogP contribution in [-0.4, -0.2) is 66.1 Å². The summed E-state index contributed by atoms with van der Waals surface area (Å²) in [6.07, 6.45) is -0.718. The van der Waals surface area contributed by atoms with Crippen molar-refractivity contribution in [3.05, 3.63) is 0 Å². The number of hydrogen-bond acceptors (Lipinski definition) is 8. The Morgan fingerprint density at radius 3 is 1.72 bits per heavy atom. The standard InChI is InChI=1S/C17H38N2O6/c1-9-17(4,13(25-19)11-21-6)15(23-8)16(2,3)14(22-7)12(24-18)10-20-5/h12-15H,9-11,18-19H2,1-8H3. The van der Waals surface area contributed by atoms with Crippen molar-refractivity contribution in [1.82, 2.24) is 0 Å². The molecule has 25 heavy (non-hydrogen) atoms. The zero-order valence-electron chi connectivity index (χ0n) is 17.0. The van der Waals surface area contributed by atoms with Crippen LogP contribution in [0.15, 0.2) is 0 Å². The first-order valence-electron chi connectivity index (χ1n) is 8.49. The second-order valence-electron chi connectivity index (χ2n) is 7.16. The number of hydrogen-bond donors (Lipinski definition) is 2. The molecule has 8 nitrogen and oxygen atoms in total. The molecule has 152 valence electrons. The summed E-state index contributed by atoms with van der Waals surface area (Å²) in [5, 5.41) is 0. The molecule has 5 atom stereocenters. The Balaban J connectivity index is 5.89. The van der Waals surface area contributed by atoms with Crippen LogP contribution < -0.4 is 11.8 Å². The lowest BCUT2D eigenvalue weighted by atomic mass is 9.63. The predicted molar refractivity (Wildman–Crippen MR) is 95.6 cm³/mol. The third kappa shape index (κ3) is 5.58. The van der Waals surface area contributed by atoms with Gasteiger partial charge in [-0.25, -0.2) is 11.8 Å². The molecular formula is C17H38N2O6. The number of methoxy groups -OCH3 is 4. The van der Waals surface area contributed by atoms with E-state index in [9.17, 15) is 0 Å². The van der Waals surface area contributed by atoms with Crippen molar-refractivity contribution >= 4 is 0 Å². The highest BCUT2D eigenvalue weighted by molar-refractivity contribution is 5.01. The van der Waals surface area contributed by atoms with Gasteiger partial charge in [0.2, 0.25) is 0 Å². The highest BCUT2D eigenvalue weighted by Gasteiger charge is 2.53. The Kier molecular flexibility index (Phi) is 11.3. The first-order chi connectivity index (χ1) is 11.7. The summed E-state index contributed by atoms with van der Waals surface area (Å²) >= 11 is 0. The van der Waals surface area contributed by atoms with Crippen LogP contribution in [0.5, 0.6) is 0 Å². The minimum Gasteiger partial charge on any atom is -0.382 e. The number of ether oxygens (including phenoxy) is 4. The van der Waals surface area contributed by atoms with Crippen LogP contribution in [0.1, 0.15) is 34.1 Å². The molecule has 0 aromatic heterocycles. The van der Waals surface area contributed by atoms with Crippen LogP contribution in [0.3, 0.4) is 0 Å². The first kappa shape index (κ1) is 24.7. The fourth-order valence-electron chi connectivity index (χ4n) is 3.99. The average molecular weight is 366 g/mol. The molecule has 0 radical (unpaired) electrons. The molecule has 0 bridgehead atoms. The second kappa shape index (κ2) is 11.4. The normalized spacial score (nSPS) is 19.9. The van der Waals surface area contributed by atoms with E-state index >= 15 is 0 Å². The molecule has 0 aliphatic rings. The molecule has 0 aromatic carbocycles. The first-order valence-corrected chi connectivity index (χ1v) is 8.49. The monoisotopic (exact) mass is 366 g/mol. The van der Waals surface area contributed by atoms with E-state index in [0.29, 0.717) is 13.2 Å². The summed E-state index contributed by atoms with van der Waals surface area (Å²) in [6, 6.07) is 0. The summed E-state index contributed by atoms with van der Waals surface area (Å²) in [4.78, 5) is 10.4. The molecule has 5 unspecified atom stereocenters. The second-order valence-corrected chi connectivity index (χ2v) is 7.16. The zero-order valence-corrected chi connectivity index (χ0v) is 17.0. The molecule has 0 spiro atoms. The van der Waals surface area contributed by atoms with Gasteiger partial charge in [0, 0.05) is 39.3 Å². The van der Waals surface area contributed by atoms with E-state index in [1.54, 1.807) is 28.4 Å². The fourth-order valence-corrected chi connectivity index (χ4v) is 3.99. The third-order valence-corrected chi connectivity index (χ3v) is 5.32. The van der Waals surface area contributed by atoms with Crippen molar-refractivity contribution in [3.63, 3.8) is 0 Å². The summed E-state index contributed by atoms with van der Waals surface area (Å²) in [5.74, 6) is 11.1.